The number of aryl methyl sites for hydroxylation is 2. The van der Waals surface area contributed by atoms with Crippen LogP contribution in [0.3, 0.4) is 0 Å². The van der Waals surface area contributed by atoms with Crippen molar-refractivity contribution in [3.05, 3.63) is 54.0 Å². The van der Waals surface area contributed by atoms with Crippen LogP contribution in [0.25, 0.3) is 0 Å². The van der Waals surface area contributed by atoms with Crippen LogP contribution in [0.15, 0.2) is 36.7 Å². The summed E-state index contributed by atoms with van der Waals surface area (Å²) in [4.78, 5) is 16.9. The van der Waals surface area contributed by atoms with Gasteiger partial charge in [0.25, 0.3) is 0 Å². The highest BCUT2D eigenvalue weighted by Gasteiger charge is 2.07. The van der Waals surface area contributed by atoms with Gasteiger partial charge in [0.2, 0.25) is 0 Å². The summed E-state index contributed by atoms with van der Waals surface area (Å²) in [5.74, 6) is 2.43. The molecule has 2 N–H and O–H groups in total. The largest absolute Gasteiger partial charge is 0.494 e. The van der Waals surface area contributed by atoms with Crippen molar-refractivity contribution in [1.29, 1.82) is 0 Å². The monoisotopic (exact) mass is 340 g/mol. The second-order valence-corrected chi connectivity index (χ2v) is 5.32. The average Bonchev–Trinajstić information content (AvgIpc) is 2.56. The number of anilines is 4. The highest BCUT2D eigenvalue weighted by Crippen LogP contribution is 2.28. The number of methoxy groups -OCH3 is 1. The Morgan fingerprint density at radius 2 is 1.68 bits per heavy atom. The van der Waals surface area contributed by atoms with Crippen LogP contribution in [0, 0.1) is 19.7 Å². The smallest absolute Gasteiger partial charge is 0.145 e. The fourth-order valence-electron chi connectivity index (χ4n) is 2.31. The van der Waals surface area contributed by atoms with Crippen molar-refractivity contribution in [3.8, 4) is 5.75 Å². The number of halogens is 1. The second kappa shape index (κ2) is 7.08. The third kappa shape index (κ3) is 4.17. The molecule has 2 heterocycles. The fourth-order valence-corrected chi connectivity index (χ4v) is 2.31. The van der Waals surface area contributed by atoms with E-state index in [0.29, 0.717) is 34.7 Å². The first kappa shape index (κ1) is 16.6. The Labute approximate surface area is 144 Å². The molecule has 0 radical (unpaired) electrons. The standard InChI is InChI=1S/C17H17FN6O/c1-10-6-17(22-11(2)21-10)24-16-8-15(19-9-20-16)23-13-5-4-12(18)7-14(13)25-3/h4-9H,1-3H3,(H2,19,20,21,22,23,24). The van der Waals surface area contributed by atoms with Crippen LogP contribution in [0.5, 0.6) is 5.75 Å². The Bertz CT molecular complexity index is 882. The van der Waals surface area contributed by atoms with Crippen molar-refractivity contribution in [2.75, 3.05) is 17.7 Å². The van der Waals surface area contributed by atoms with Crippen LogP contribution >= 0.6 is 0 Å². The second-order valence-electron chi connectivity index (χ2n) is 5.32. The summed E-state index contributed by atoms with van der Waals surface area (Å²) in [6.07, 6.45) is 1.42. The first-order valence-electron chi connectivity index (χ1n) is 7.55. The zero-order valence-electron chi connectivity index (χ0n) is 14.0. The van der Waals surface area contributed by atoms with Crippen molar-refractivity contribution in [3.63, 3.8) is 0 Å². The van der Waals surface area contributed by atoms with Crippen LogP contribution in [-0.4, -0.2) is 27.0 Å². The van der Waals surface area contributed by atoms with Crippen LogP contribution < -0.4 is 15.4 Å². The number of nitrogens with zero attached hydrogens (tertiary/aromatic N) is 4. The molecule has 0 aliphatic rings. The molecule has 0 aliphatic carbocycles. The van der Waals surface area contributed by atoms with Gasteiger partial charge >= 0.3 is 0 Å². The van der Waals surface area contributed by atoms with E-state index >= 15 is 0 Å². The van der Waals surface area contributed by atoms with Gasteiger partial charge < -0.3 is 15.4 Å². The molecule has 0 aliphatic heterocycles. The van der Waals surface area contributed by atoms with Gasteiger partial charge in [-0.25, -0.2) is 24.3 Å². The van der Waals surface area contributed by atoms with Gasteiger partial charge in [0.1, 0.15) is 41.2 Å². The lowest BCUT2D eigenvalue weighted by atomic mass is 10.3. The molecule has 0 amide bonds. The van der Waals surface area contributed by atoms with Crippen LogP contribution in [-0.2, 0) is 0 Å². The number of nitrogens with one attached hydrogen (secondary N) is 2. The summed E-state index contributed by atoms with van der Waals surface area (Å²) in [6, 6.07) is 7.77. The summed E-state index contributed by atoms with van der Waals surface area (Å²) in [5, 5.41) is 6.20. The maximum atomic E-state index is 13.3. The van der Waals surface area contributed by atoms with Gasteiger partial charge in [-0.15, -0.1) is 0 Å². The van der Waals surface area contributed by atoms with E-state index in [1.54, 1.807) is 12.1 Å². The van der Waals surface area contributed by atoms with E-state index in [2.05, 4.69) is 30.6 Å². The topological polar surface area (TPSA) is 84.9 Å². The van der Waals surface area contributed by atoms with Crippen molar-refractivity contribution in [1.82, 2.24) is 19.9 Å². The van der Waals surface area contributed by atoms with Crippen molar-refractivity contribution in [2.45, 2.75) is 13.8 Å². The van der Waals surface area contributed by atoms with Crippen LogP contribution in [0.4, 0.5) is 27.5 Å². The van der Waals surface area contributed by atoms with E-state index in [1.807, 2.05) is 19.9 Å². The normalized spacial score (nSPS) is 10.4. The van der Waals surface area contributed by atoms with Crippen LogP contribution in [0.1, 0.15) is 11.5 Å². The fraction of sp³-hybridized carbons (Fsp3) is 0.176. The molecule has 0 fully saturated rings. The van der Waals surface area contributed by atoms with E-state index in [-0.39, 0.29) is 5.82 Å². The van der Waals surface area contributed by atoms with Gasteiger partial charge in [0.05, 0.1) is 12.8 Å². The molecule has 8 heteroatoms. The summed E-state index contributed by atoms with van der Waals surface area (Å²) >= 11 is 0. The zero-order chi connectivity index (χ0) is 17.8. The zero-order valence-corrected chi connectivity index (χ0v) is 14.0. The summed E-state index contributed by atoms with van der Waals surface area (Å²) < 4.78 is 18.5. The Morgan fingerprint density at radius 1 is 0.920 bits per heavy atom. The first-order valence-corrected chi connectivity index (χ1v) is 7.55. The molecule has 0 saturated carbocycles. The van der Waals surface area contributed by atoms with Crippen molar-refractivity contribution < 1.29 is 9.13 Å². The maximum Gasteiger partial charge on any atom is 0.145 e. The molecule has 0 atom stereocenters. The van der Waals surface area contributed by atoms with Gasteiger partial charge in [-0.2, -0.15) is 0 Å². The van der Waals surface area contributed by atoms with Crippen molar-refractivity contribution >= 4 is 23.1 Å². The molecule has 3 rings (SSSR count). The third-order valence-corrected chi connectivity index (χ3v) is 3.32. The average molecular weight is 340 g/mol. The number of rotatable bonds is 5. The van der Waals surface area contributed by atoms with E-state index < -0.39 is 0 Å². The molecule has 0 bridgehead atoms. The number of hydrogen-bond acceptors (Lipinski definition) is 7. The molecule has 1 aromatic carbocycles. The lowest BCUT2D eigenvalue weighted by Crippen LogP contribution is -2.02. The number of benzene rings is 1. The lowest BCUT2D eigenvalue weighted by Gasteiger charge is -2.11. The molecule has 3 aromatic rings. The Balaban J connectivity index is 1.82. The molecular formula is C17H17FN6O. The SMILES string of the molecule is COc1cc(F)ccc1Nc1cc(Nc2cc(C)nc(C)n2)ncn1. The minimum atomic E-state index is -0.373. The molecular weight excluding hydrogens is 323 g/mol. The number of hydrogen-bond donors (Lipinski definition) is 2. The highest BCUT2D eigenvalue weighted by atomic mass is 19.1. The van der Waals surface area contributed by atoms with E-state index in [4.69, 9.17) is 4.74 Å². The van der Waals surface area contributed by atoms with Crippen molar-refractivity contribution in [2.24, 2.45) is 0 Å². The summed E-state index contributed by atoms with van der Waals surface area (Å²) in [5.41, 5.74) is 1.46. The van der Waals surface area contributed by atoms with Crippen LogP contribution in [0.2, 0.25) is 0 Å². The molecule has 7 nitrogen and oxygen atoms in total. The predicted octanol–water partition coefficient (Wildman–Crippen LogP) is 3.52. The highest BCUT2D eigenvalue weighted by molar-refractivity contribution is 5.66. The Hall–Kier alpha value is -3.29. The molecule has 0 saturated heterocycles. The molecule has 2 aromatic heterocycles. The van der Waals surface area contributed by atoms with E-state index in [0.717, 1.165) is 5.69 Å². The summed E-state index contributed by atoms with van der Waals surface area (Å²) in [6.45, 7) is 3.72. The number of aromatic nitrogens is 4. The molecule has 0 unspecified atom stereocenters. The Morgan fingerprint density at radius 3 is 2.40 bits per heavy atom. The van der Waals surface area contributed by atoms with Gasteiger partial charge in [0, 0.05) is 23.9 Å². The van der Waals surface area contributed by atoms with Gasteiger partial charge in [-0.1, -0.05) is 0 Å². The van der Waals surface area contributed by atoms with E-state index in [9.17, 15) is 4.39 Å². The first-order chi connectivity index (χ1) is 12.0. The third-order valence-electron chi connectivity index (χ3n) is 3.32. The van der Waals surface area contributed by atoms with E-state index in [1.165, 1.54) is 25.6 Å². The minimum absolute atomic E-state index is 0.373. The maximum absolute atomic E-state index is 13.3. The predicted molar refractivity (Wildman–Crippen MR) is 93.1 cm³/mol. The molecule has 128 valence electrons. The van der Waals surface area contributed by atoms with Gasteiger partial charge in [0.15, 0.2) is 0 Å². The number of ether oxygens (including phenoxy) is 1. The van der Waals surface area contributed by atoms with Gasteiger partial charge in [-0.05, 0) is 26.0 Å². The lowest BCUT2D eigenvalue weighted by molar-refractivity contribution is 0.413. The molecule has 0 spiro atoms. The van der Waals surface area contributed by atoms with Gasteiger partial charge in [-0.3, -0.25) is 0 Å². The Kier molecular flexibility index (Phi) is 4.69. The minimum Gasteiger partial charge on any atom is -0.494 e. The summed E-state index contributed by atoms with van der Waals surface area (Å²) in [7, 11) is 1.48. The molecule has 25 heavy (non-hydrogen) atoms. The quantitative estimate of drug-likeness (QED) is 0.735.